The number of nitrogens with one attached hydrogen (secondary N) is 3. The van der Waals surface area contributed by atoms with Gasteiger partial charge in [-0.15, -0.1) is 0 Å². The van der Waals surface area contributed by atoms with E-state index in [1.807, 2.05) is 69.2 Å². The fraction of sp³-hybridized carbons (Fsp3) is 0.238. The molecule has 3 rings (SSSR count). The molecule has 0 unspecified atom stereocenters. The summed E-state index contributed by atoms with van der Waals surface area (Å²) in [6.07, 6.45) is 0. The normalized spacial score (nSPS) is 16.3. The molecule has 0 spiro atoms. The van der Waals surface area contributed by atoms with E-state index in [-0.39, 0.29) is 11.9 Å². The second-order valence-electron chi connectivity index (χ2n) is 6.97. The summed E-state index contributed by atoms with van der Waals surface area (Å²) in [5, 5.41) is 10.3. The molecule has 0 aromatic heterocycles. The van der Waals surface area contributed by atoms with Crippen LogP contribution in [-0.2, 0) is 4.79 Å². The number of halogens is 1. The largest absolute Gasteiger partial charge is 0.378 e. The molecule has 2 aromatic carbocycles. The monoisotopic (exact) mass is 414 g/mol. The lowest BCUT2D eigenvalue weighted by molar-refractivity contribution is -0.113. The van der Waals surface area contributed by atoms with E-state index in [4.69, 9.17) is 23.8 Å². The van der Waals surface area contributed by atoms with Gasteiger partial charge in [0.05, 0.1) is 11.6 Å². The Kier molecular flexibility index (Phi) is 5.91. The number of carbonyl (C=O) groups is 1. The molecule has 1 aliphatic heterocycles. The van der Waals surface area contributed by atoms with Gasteiger partial charge in [0.1, 0.15) is 0 Å². The minimum atomic E-state index is -0.342. The van der Waals surface area contributed by atoms with Crippen LogP contribution < -0.4 is 20.9 Å². The van der Waals surface area contributed by atoms with Gasteiger partial charge in [-0.2, -0.15) is 0 Å². The number of aryl methyl sites for hydroxylation is 1. The Morgan fingerprint density at radius 2 is 1.82 bits per heavy atom. The van der Waals surface area contributed by atoms with Crippen molar-refractivity contribution in [1.82, 2.24) is 10.6 Å². The minimum Gasteiger partial charge on any atom is -0.378 e. The number of thiocarbonyl (C=S) groups is 1. The number of amides is 1. The number of carbonyl (C=O) groups excluding carboxylic acids is 1. The molecule has 1 heterocycles. The van der Waals surface area contributed by atoms with Crippen molar-refractivity contribution in [3.63, 3.8) is 0 Å². The van der Waals surface area contributed by atoms with Crippen LogP contribution in [0.5, 0.6) is 0 Å². The Bertz CT molecular complexity index is 953. The van der Waals surface area contributed by atoms with Crippen LogP contribution in [0.4, 0.5) is 11.4 Å². The first kappa shape index (κ1) is 20.2. The number of hydrogen-bond donors (Lipinski definition) is 3. The zero-order chi connectivity index (χ0) is 20.4. The van der Waals surface area contributed by atoms with Crippen molar-refractivity contribution in [1.29, 1.82) is 0 Å². The van der Waals surface area contributed by atoms with Gasteiger partial charge in [0.15, 0.2) is 5.11 Å². The Balaban J connectivity index is 1.92. The predicted molar refractivity (Wildman–Crippen MR) is 120 cm³/mol. The summed E-state index contributed by atoms with van der Waals surface area (Å²) in [6, 6.07) is 13.2. The maximum Gasteiger partial charge on any atom is 0.255 e. The Morgan fingerprint density at radius 1 is 1.14 bits per heavy atom. The van der Waals surface area contributed by atoms with Crippen LogP contribution in [0, 0.1) is 6.92 Å². The maximum absolute atomic E-state index is 13.1. The summed E-state index contributed by atoms with van der Waals surface area (Å²) in [7, 11) is 3.98. The average Bonchev–Trinajstić information content (AvgIpc) is 2.64. The lowest BCUT2D eigenvalue weighted by Gasteiger charge is -2.30. The number of allylic oxidation sites excluding steroid dienone is 1. The molecule has 0 saturated carbocycles. The number of rotatable bonds is 4. The number of nitrogens with zero attached hydrogens (tertiary/aromatic N) is 1. The summed E-state index contributed by atoms with van der Waals surface area (Å²) in [4.78, 5) is 15.1. The molecule has 1 amide bonds. The number of anilines is 2. The van der Waals surface area contributed by atoms with E-state index in [1.54, 1.807) is 6.07 Å². The van der Waals surface area contributed by atoms with Crippen LogP contribution in [0.1, 0.15) is 24.1 Å². The highest BCUT2D eigenvalue weighted by Crippen LogP contribution is 2.29. The van der Waals surface area contributed by atoms with Gasteiger partial charge in [0.25, 0.3) is 5.91 Å². The van der Waals surface area contributed by atoms with Crippen LogP contribution in [0.25, 0.3) is 0 Å². The topological polar surface area (TPSA) is 56.4 Å². The van der Waals surface area contributed by atoms with E-state index in [1.165, 1.54) is 0 Å². The SMILES string of the molecule is CC1=C(C(=O)Nc2ccc(C)c(Cl)c2)[C@H](c2ccc(N(C)C)cc2)NC(=S)N1. The zero-order valence-electron chi connectivity index (χ0n) is 16.3. The minimum absolute atomic E-state index is 0.207. The fourth-order valence-corrected chi connectivity index (χ4v) is 3.53. The van der Waals surface area contributed by atoms with Gasteiger partial charge in [0, 0.05) is 36.2 Å². The van der Waals surface area contributed by atoms with Crippen LogP contribution in [-0.4, -0.2) is 25.1 Å². The Labute approximate surface area is 175 Å². The van der Waals surface area contributed by atoms with E-state index < -0.39 is 0 Å². The van der Waals surface area contributed by atoms with Crippen molar-refractivity contribution < 1.29 is 4.79 Å². The van der Waals surface area contributed by atoms with Crippen LogP contribution in [0.2, 0.25) is 5.02 Å². The molecule has 0 saturated heterocycles. The molecule has 146 valence electrons. The number of hydrogen-bond acceptors (Lipinski definition) is 3. The molecule has 2 aromatic rings. The molecule has 0 radical (unpaired) electrons. The third kappa shape index (κ3) is 4.29. The summed E-state index contributed by atoms with van der Waals surface area (Å²) >= 11 is 11.5. The van der Waals surface area contributed by atoms with E-state index >= 15 is 0 Å². The molecule has 3 N–H and O–H groups in total. The smallest absolute Gasteiger partial charge is 0.255 e. The van der Waals surface area contributed by atoms with Gasteiger partial charge in [-0.3, -0.25) is 4.79 Å². The van der Waals surface area contributed by atoms with Gasteiger partial charge < -0.3 is 20.9 Å². The quantitative estimate of drug-likeness (QED) is 0.656. The highest BCUT2D eigenvalue weighted by atomic mass is 35.5. The van der Waals surface area contributed by atoms with Crippen molar-refractivity contribution >= 4 is 46.2 Å². The van der Waals surface area contributed by atoms with Crippen molar-refractivity contribution in [3.8, 4) is 0 Å². The third-order valence-corrected chi connectivity index (χ3v) is 5.31. The summed E-state index contributed by atoms with van der Waals surface area (Å²) < 4.78 is 0. The van der Waals surface area contributed by atoms with Crippen molar-refractivity contribution in [2.24, 2.45) is 0 Å². The van der Waals surface area contributed by atoms with Crippen LogP contribution in [0.3, 0.4) is 0 Å². The van der Waals surface area contributed by atoms with Crippen LogP contribution >= 0.6 is 23.8 Å². The van der Waals surface area contributed by atoms with E-state index in [9.17, 15) is 4.79 Å². The van der Waals surface area contributed by atoms with Crippen molar-refractivity contribution in [3.05, 3.63) is 69.9 Å². The van der Waals surface area contributed by atoms with E-state index in [2.05, 4.69) is 16.0 Å². The van der Waals surface area contributed by atoms with E-state index in [0.717, 1.165) is 22.5 Å². The second kappa shape index (κ2) is 8.20. The molecular weight excluding hydrogens is 392 g/mol. The average molecular weight is 415 g/mol. The molecule has 0 fully saturated rings. The highest BCUT2D eigenvalue weighted by Gasteiger charge is 2.30. The first-order valence-corrected chi connectivity index (χ1v) is 9.68. The summed E-state index contributed by atoms with van der Waals surface area (Å²) in [6.45, 7) is 3.77. The van der Waals surface area contributed by atoms with Gasteiger partial charge >= 0.3 is 0 Å². The second-order valence-corrected chi connectivity index (χ2v) is 7.79. The first-order chi connectivity index (χ1) is 13.3. The van der Waals surface area contributed by atoms with Gasteiger partial charge in [0.2, 0.25) is 0 Å². The molecule has 1 atom stereocenters. The predicted octanol–water partition coefficient (Wildman–Crippen LogP) is 4.15. The van der Waals surface area contributed by atoms with Crippen molar-refractivity contribution in [2.75, 3.05) is 24.3 Å². The summed E-state index contributed by atoms with van der Waals surface area (Å²) in [5.41, 5.74) is 4.96. The maximum atomic E-state index is 13.1. The van der Waals surface area contributed by atoms with Gasteiger partial charge in [-0.05, 0) is 61.5 Å². The third-order valence-electron chi connectivity index (χ3n) is 4.69. The number of benzene rings is 2. The molecule has 1 aliphatic rings. The highest BCUT2D eigenvalue weighted by molar-refractivity contribution is 7.80. The Morgan fingerprint density at radius 3 is 2.43 bits per heavy atom. The molecular formula is C21H23ClN4OS. The first-order valence-electron chi connectivity index (χ1n) is 8.89. The van der Waals surface area contributed by atoms with E-state index in [0.29, 0.717) is 21.4 Å². The fourth-order valence-electron chi connectivity index (χ4n) is 3.08. The van der Waals surface area contributed by atoms with Crippen LogP contribution in [0.15, 0.2) is 53.7 Å². The molecule has 28 heavy (non-hydrogen) atoms. The molecule has 0 aliphatic carbocycles. The standard InChI is InChI=1S/C21H23ClN4OS/c1-12-5-8-15(11-17(12)22)24-20(27)18-13(2)23-21(28)25-19(18)14-6-9-16(10-7-14)26(3)4/h5-11,19H,1-4H3,(H,24,27)(H2,23,25,28)/t19-/m0/s1. The zero-order valence-corrected chi connectivity index (χ0v) is 17.8. The summed E-state index contributed by atoms with van der Waals surface area (Å²) in [5.74, 6) is -0.207. The van der Waals surface area contributed by atoms with Crippen molar-refractivity contribution in [2.45, 2.75) is 19.9 Å². The van der Waals surface area contributed by atoms with Gasteiger partial charge in [-0.25, -0.2) is 0 Å². The van der Waals surface area contributed by atoms with Gasteiger partial charge in [-0.1, -0.05) is 29.8 Å². The molecule has 0 bridgehead atoms. The molecule has 7 heteroatoms. The lowest BCUT2D eigenvalue weighted by atomic mass is 9.94. The Hall–Kier alpha value is -2.57. The molecule has 5 nitrogen and oxygen atoms in total. The lowest BCUT2D eigenvalue weighted by Crippen LogP contribution is -2.45.